The summed E-state index contributed by atoms with van der Waals surface area (Å²) in [5.74, 6) is 0.374. The Morgan fingerprint density at radius 2 is 1.40 bits per heavy atom. The molecule has 0 radical (unpaired) electrons. The van der Waals surface area contributed by atoms with Crippen LogP contribution < -0.4 is 0 Å². The van der Waals surface area contributed by atoms with Gasteiger partial charge in [0, 0.05) is 0 Å². The van der Waals surface area contributed by atoms with Gasteiger partial charge in [-0.05, 0) is 25.0 Å². The second-order valence-electron chi connectivity index (χ2n) is 6.84. The van der Waals surface area contributed by atoms with Crippen molar-refractivity contribution >= 4 is 23.7 Å². The van der Waals surface area contributed by atoms with E-state index in [1.54, 1.807) is 11.8 Å². The van der Waals surface area contributed by atoms with Gasteiger partial charge in [0.1, 0.15) is 5.25 Å². The minimum atomic E-state index is -0.399. The van der Waals surface area contributed by atoms with Gasteiger partial charge >= 0.3 is 11.9 Å². The summed E-state index contributed by atoms with van der Waals surface area (Å²) < 4.78 is 10.4. The third kappa shape index (κ3) is 12.3. The van der Waals surface area contributed by atoms with Gasteiger partial charge < -0.3 is 9.47 Å². The highest BCUT2D eigenvalue weighted by Crippen LogP contribution is 2.21. The Kier molecular flexibility index (Phi) is 13.9. The van der Waals surface area contributed by atoms with Crippen LogP contribution in [0.3, 0.4) is 0 Å². The Morgan fingerprint density at radius 1 is 0.840 bits per heavy atom. The van der Waals surface area contributed by atoms with E-state index < -0.39 is 5.25 Å². The van der Waals surface area contributed by atoms with Crippen LogP contribution in [0, 0.1) is 0 Å². The van der Waals surface area contributed by atoms with E-state index in [2.05, 4.69) is 6.92 Å². The third-order valence-corrected chi connectivity index (χ3v) is 5.76. The first-order valence-electron chi connectivity index (χ1n) is 10.2. The lowest BCUT2D eigenvalue weighted by molar-refractivity contribution is -0.151. The lowest BCUT2D eigenvalue weighted by Crippen LogP contribution is -2.26. The van der Waals surface area contributed by atoms with E-state index in [1.165, 1.54) is 57.8 Å². The van der Waals surface area contributed by atoms with Crippen molar-refractivity contribution in [2.45, 2.75) is 95.6 Å². The highest BCUT2D eigenvalue weighted by atomic mass is 32.2. The van der Waals surface area contributed by atoms with E-state index in [0.29, 0.717) is 13.2 Å². The summed E-state index contributed by atoms with van der Waals surface area (Å²) >= 11 is 1.55. The molecule has 1 unspecified atom stereocenters. The number of carbonyl (C=O) groups is 2. The number of esters is 2. The predicted molar refractivity (Wildman–Crippen MR) is 104 cm³/mol. The fourth-order valence-electron chi connectivity index (χ4n) is 2.89. The summed E-state index contributed by atoms with van der Waals surface area (Å²) in [4.78, 5) is 23.8. The monoisotopic (exact) mass is 372 g/mol. The number of cyclic esters (lactones) is 2. The predicted octanol–water partition coefficient (Wildman–Crippen LogP) is 5.28. The van der Waals surface area contributed by atoms with Crippen molar-refractivity contribution in [3.05, 3.63) is 0 Å². The molecular formula is C20H36O4S. The van der Waals surface area contributed by atoms with Crippen molar-refractivity contribution < 1.29 is 19.1 Å². The van der Waals surface area contributed by atoms with Crippen LogP contribution in [0.5, 0.6) is 0 Å². The molecular weight excluding hydrogens is 336 g/mol. The van der Waals surface area contributed by atoms with Gasteiger partial charge in [-0.1, -0.05) is 64.7 Å². The van der Waals surface area contributed by atoms with Crippen LogP contribution in [-0.2, 0) is 19.1 Å². The molecule has 25 heavy (non-hydrogen) atoms. The second-order valence-corrected chi connectivity index (χ2v) is 8.15. The lowest BCUT2D eigenvalue weighted by atomic mass is 10.1. The van der Waals surface area contributed by atoms with E-state index in [1.807, 2.05) is 0 Å². The first-order valence-corrected chi connectivity index (χ1v) is 11.2. The number of unbranched alkanes of at least 4 members (excludes halogenated alkanes) is 9. The summed E-state index contributed by atoms with van der Waals surface area (Å²) in [6, 6.07) is 0. The van der Waals surface area contributed by atoms with Crippen LogP contribution in [0.25, 0.3) is 0 Å². The van der Waals surface area contributed by atoms with E-state index in [-0.39, 0.29) is 18.4 Å². The van der Waals surface area contributed by atoms with Gasteiger partial charge in [-0.2, -0.15) is 0 Å². The molecule has 1 atom stereocenters. The molecule has 1 aliphatic rings. The minimum absolute atomic E-state index is 0.140. The van der Waals surface area contributed by atoms with Crippen molar-refractivity contribution in [1.82, 2.24) is 0 Å². The summed E-state index contributed by atoms with van der Waals surface area (Å²) in [5, 5.41) is -0.399. The molecule has 4 nitrogen and oxygen atoms in total. The molecule has 0 saturated carbocycles. The number of carbonyl (C=O) groups excluding carboxylic acids is 2. The molecule has 1 heterocycles. The number of rotatable bonds is 12. The molecule has 0 aromatic rings. The molecule has 0 aromatic heterocycles. The Bertz CT molecular complexity index is 360. The minimum Gasteiger partial charge on any atom is -0.466 e. The highest BCUT2D eigenvalue weighted by molar-refractivity contribution is 8.00. The van der Waals surface area contributed by atoms with Crippen molar-refractivity contribution in [2.75, 3.05) is 19.0 Å². The molecule has 0 N–H and O–H groups in total. The topological polar surface area (TPSA) is 52.6 Å². The van der Waals surface area contributed by atoms with Gasteiger partial charge in [0.05, 0.1) is 19.6 Å². The molecule has 1 fully saturated rings. The van der Waals surface area contributed by atoms with Crippen LogP contribution in [0.15, 0.2) is 0 Å². The van der Waals surface area contributed by atoms with Crippen LogP contribution in [0.1, 0.15) is 90.4 Å². The molecule has 1 saturated heterocycles. The first kappa shape index (κ1) is 22.3. The lowest BCUT2D eigenvalue weighted by Gasteiger charge is -2.17. The zero-order valence-corrected chi connectivity index (χ0v) is 16.7. The maximum absolute atomic E-state index is 12.0. The molecule has 0 bridgehead atoms. The zero-order chi connectivity index (χ0) is 18.2. The molecule has 0 aliphatic carbocycles. The average molecular weight is 373 g/mol. The molecule has 5 heteroatoms. The Balaban J connectivity index is 2.05. The fourth-order valence-corrected chi connectivity index (χ4v) is 4.00. The molecule has 146 valence electrons. The van der Waals surface area contributed by atoms with Gasteiger partial charge in [-0.25, -0.2) is 0 Å². The quantitative estimate of drug-likeness (QED) is 0.344. The van der Waals surface area contributed by atoms with Crippen molar-refractivity contribution in [3.63, 3.8) is 0 Å². The summed E-state index contributed by atoms with van der Waals surface area (Å²) in [5.41, 5.74) is 0. The molecule has 1 aliphatic heterocycles. The first-order chi connectivity index (χ1) is 12.2. The molecule has 0 spiro atoms. The highest BCUT2D eigenvalue weighted by Gasteiger charge is 2.25. The number of hydrogen-bond donors (Lipinski definition) is 0. The van der Waals surface area contributed by atoms with E-state index >= 15 is 0 Å². The average Bonchev–Trinajstić information content (AvgIpc) is 2.61. The maximum Gasteiger partial charge on any atom is 0.319 e. The smallest absolute Gasteiger partial charge is 0.319 e. The molecule has 1 rings (SSSR count). The van der Waals surface area contributed by atoms with Gasteiger partial charge in [-0.3, -0.25) is 9.59 Å². The van der Waals surface area contributed by atoms with Gasteiger partial charge in [0.25, 0.3) is 0 Å². The maximum atomic E-state index is 12.0. The van der Waals surface area contributed by atoms with E-state index in [9.17, 15) is 9.59 Å². The Morgan fingerprint density at radius 3 is 2.04 bits per heavy atom. The fraction of sp³-hybridized carbons (Fsp3) is 0.900. The number of thioether (sulfide) groups is 1. The Labute approximate surface area is 157 Å². The summed E-state index contributed by atoms with van der Waals surface area (Å²) in [7, 11) is 0. The van der Waals surface area contributed by atoms with Crippen molar-refractivity contribution in [1.29, 1.82) is 0 Å². The summed E-state index contributed by atoms with van der Waals surface area (Å²) in [6.07, 6.45) is 14.7. The van der Waals surface area contributed by atoms with E-state index in [0.717, 1.165) is 25.0 Å². The normalized spacial score (nSPS) is 19.3. The number of hydrogen-bond acceptors (Lipinski definition) is 5. The molecule has 0 aromatic carbocycles. The largest absolute Gasteiger partial charge is 0.466 e. The van der Waals surface area contributed by atoms with Gasteiger partial charge in [-0.15, -0.1) is 11.8 Å². The second kappa shape index (κ2) is 15.5. The zero-order valence-electron chi connectivity index (χ0n) is 15.9. The van der Waals surface area contributed by atoms with Crippen LogP contribution in [0.2, 0.25) is 0 Å². The number of ether oxygens (including phenoxy) is 2. The Hall–Kier alpha value is -0.710. The van der Waals surface area contributed by atoms with Gasteiger partial charge in [0.2, 0.25) is 0 Å². The molecule has 0 amide bonds. The van der Waals surface area contributed by atoms with Crippen LogP contribution >= 0.6 is 11.8 Å². The van der Waals surface area contributed by atoms with Crippen LogP contribution in [0.4, 0.5) is 0 Å². The van der Waals surface area contributed by atoms with Gasteiger partial charge in [0.15, 0.2) is 0 Å². The SMILES string of the molecule is CCCCCCCCCCCCSC1CC(=O)OCCCCOC1=O. The van der Waals surface area contributed by atoms with Crippen molar-refractivity contribution in [3.8, 4) is 0 Å². The third-order valence-electron chi connectivity index (χ3n) is 4.48. The van der Waals surface area contributed by atoms with Crippen molar-refractivity contribution in [2.24, 2.45) is 0 Å². The van der Waals surface area contributed by atoms with E-state index in [4.69, 9.17) is 9.47 Å². The summed E-state index contributed by atoms with van der Waals surface area (Å²) in [6.45, 7) is 3.12. The van der Waals surface area contributed by atoms with Crippen LogP contribution in [-0.4, -0.2) is 36.2 Å². The standard InChI is InChI=1S/C20H36O4S/c1-2-3-4-5-6-7-8-9-10-13-16-25-18-17-19(21)23-14-11-12-15-24-20(18)22/h18H,2-17H2,1H3.